The SMILES string of the molecule is CCN1CCN([C@@H](c2ccc(C(C)C)cc2)c2c(NC(=O)c3cccs3)sc(C)c2C)CC1. The summed E-state index contributed by atoms with van der Waals surface area (Å²) in [6, 6.07) is 13.1. The van der Waals surface area contributed by atoms with Gasteiger partial charge >= 0.3 is 0 Å². The number of carbonyl (C=O) groups excluding carboxylic acids is 1. The summed E-state index contributed by atoms with van der Waals surface area (Å²) < 4.78 is 0. The number of hydrogen-bond donors (Lipinski definition) is 1. The van der Waals surface area contributed by atoms with E-state index >= 15 is 0 Å². The molecule has 0 radical (unpaired) electrons. The Labute approximate surface area is 206 Å². The number of thiophene rings is 2. The van der Waals surface area contributed by atoms with Crippen molar-refractivity contribution in [2.24, 2.45) is 0 Å². The van der Waals surface area contributed by atoms with Crippen LogP contribution in [0.4, 0.5) is 5.00 Å². The van der Waals surface area contributed by atoms with Crippen molar-refractivity contribution in [1.82, 2.24) is 9.80 Å². The van der Waals surface area contributed by atoms with Crippen LogP contribution in [0.15, 0.2) is 41.8 Å². The van der Waals surface area contributed by atoms with Crippen molar-refractivity contribution in [2.75, 3.05) is 38.0 Å². The quantitative estimate of drug-likeness (QED) is 0.417. The lowest BCUT2D eigenvalue weighted by molar-refractivity contribution is 0.102. The summed E-state index contributed by atoms with van der Waals surface area (Å²) in [5, 5.41) is 6.20. The van der Waals surface area contributed by atoms with E-state index in [0.717, 1.165) is 42.6 Å². The lowest BCUT2D eigenvalue weighted by Gasteiger charge is -2.40. The Morgan fingerprint density at radius 3 is 2.27 bits per heavy atom. The van der Waals surface area contributed by atoms with Crippen LogP contribution in [0.25, 0.3) is 0 Å². The third-order valence-electron chi connectivity index (χ3n) is 6.82. The van der Waals surface area contributed by atoms with Gasteiger partial charge in [-0.15, -0.1) is 22.7 Å². The molecule has 33 heavy (non-hydrogen) atoms. The lowest BCUT2D eigenvalue weighted by Crippen LogP contribution is -2.47. The first-order valence-corrected chi connectivity index (χ1v) is 13.6. The number of nitrogens with one attached hydrogen (secondary N) is 1. The van der Waals surface area contributed by atoms with E-state index < -0.39 is 0 Å². The van der Waals surface area contributed by atoms with Gasteiger partial charge < -0.3 is 10.2 Å². The molecule has 0 unspecified atom stereocenters. The molecule has 6 heteroatoms. The first-order valence-electron chi connectivity index (χ1n) is 11.9. The van der Waals surface area contributed by atoms with Gasteiger partial charge in [0.2, 0.25) is 0 Å². The molecular weight excluding hydrogens is 446 g/mol. The highest BCUT2D eigenvalue weighted by atomic mass is 32.1. The second-order valence-electron chi connectivity index (χ2n) is 9.15. The maximum Gasteiger partial charge on any atom is 0.266 e. The van der Waals surface area contributed by atoms with Crippen molar-refractivity contribution in [3.8, 4) is 0 Å². The average Bonchev–Trinajstić information content (AvgIpc) is 3.45. The van der Waals surface area contributed by atoms with Crippen molar-refractivity contribution in [3.05, 3.63) is 73.8 Å². The number of carbonyl (C=O) groups is 1. The number of likely N-dealkylation sites (N-methyl/N-ethyl adjacent to an activating group) is 1. The van der Waals surface area contributed by atoms with E-state index in [1.54, 1.807) is 11.3 Å². The molecule has 1 amide bonds. The van der Waals surface area contributed by atoms with Gasteiger partial charge in [-0.1, -0.05) is 51.1 Å². The maximum atomic E-state index is 13.0. The molecule has 1 aliphatic heterocycles. The molecule has 176 valence electrons. The fourth-order valence-electron chi connectivity index (χ4n) is 4.60. The van der Waals surface area contributed by atoms with Crippen molar-refractivity contribution in [2.45, 2.75) is 46.6 Å². The predicted octanol–water partition coefficient (Wildman–Crippen LogP) is 6.53. The van der Waals surface area contributed by atoms with E-state index in [4.69, 9.17) is 0 Å². The Morgan fingerprint density at radius 2 is 1.70 bits per heavy atom. The molecule has 1 atom stereocenters. The highest BCUT2D eigenvalue weighted by Crippen LogP contribution is 2.43. The summed E-state index contributed by atoms with van der Waals surface area (Å²) in [6.07, 6.45) is 0. The van der Waals surface area contributed by atoms with E-state index in [-0.39, 0.29) is 11.9 Å². The lowest BCUT2D eigenvalue weighted by atomic mass is 9.92. The molecule has 4 rings (SSSR count). The van der Waals surface area contributed by atoms with Gasteiger partial charge in [0, 0.05) is 36.6 Å². The fraction of sp³-hybridized carbons (Fsp3) is 0.444. The van der Waals surface area contributed by atoms with Crippen LogP contribution >= 0.6 is 22.7 Å². The molecule has 0 saturated carbocycles. The van der Waals surface area contributed by atoms with Gasteiger partial charge in [-0.25, -0.2) is 0 Å². The molecule has 3 aromatic rings. The van der Waals surface area contributed by atoms with Crippen LogP contribution in [-0.4, -0.2) is 48.4 Å². The standard InChI is InChI=1S/C27H35N3OS2/c1-6-29-13-15-30(16-14-29)25(22-11-9-21(10-12-22)18(2)3)24-19(4)20(5)33-27(24)28-26(31)23-8-7-17-32-23/h7-12,17-18,25H,6,13-16H2,1-5H3,(H,28,31)/t25-/m0/s1. The van der Waals surface area contributed by atoms with Gasteiger partial charge in [0.25, 0.3) is 5.91 Å². The van der Waals surface area contributed by atoms with E-state index in [9.17, 15) is 4.79 Å². The zero-order chi connectivity index (χ0) is 23.5. The molecule has 1 fully saturated rings. The summed E-state index contributed by atoms with van der Waals surface area (Å²) >= 11 is 3.19. The molecule has 4 nitrogen and oxygen atoms in total. The molecule has 3 heterocycles. The summed E-state index contributed by atoms with van der Waals surface area (Å²) in [6.45, 7) is 16.4. The Balaban J connectivity index is 1.74. The van der Waals surface area contributed by atoms with Crippen LogP contribution in [0.5, 0.6) is 0 Å². The highest BCUT2D eigenvalue weighted by molar-refractivity contribution is 7.17. The first kappa shape index (κ1) is 24.1. The molecule has 1 saturated heterocycles. The summed E-state index contributed by atoms with van der Waals surface area (Å²) in [4.78, 5) is 20.1. The number of rotatable bonds is 7. The minimum atomic E-state index is -0.0165. The Morgan fingerprint density at radius 1 is 1.03 bits per heavy atom. The smallest absolute Gasteiger partial charge is 0.266 e. The minimum absolute atomic E-state index is 0.0165. The number of amides is 1. The molecule has 1 aliphatic rings. The molecule has 2 aromatic heterocycles. The number of benzene rings is 1. The molecule has 1 N–H and O–H groups in total. The fourth-order valence-corrected chi connectivity index (χ4v) is 6.31. The molecular formula is C27H35N3OS2. The zero-order valence-electron chi connectivity index (χ0n) is 20.4. The van der Waals surface area contributed by atoms with Crippen LogP contribution in [0.3, 0.4) is 0 Å². The van der Waals surface area contributed by atoms with Crippen LogP contribution in [-0.2, 0) is 0 Å². The largest absolute Gasteiger partial charge is 0.313 e. The maximum absolute atomic E-state index is 13.0. The van der Waals surface area contributed by atoms with Crippen LogP contribution in [0.1, 0.15) is 69.5 Å². The number of nitrogens with zero attached hydrogens (tertiary/aromatic N) is 2. The normalized spacial score (nSPS) is 16.3. The van der Waals surface area contributed by atoms with Gasteiger partial charge in [-0.2, -0.15) is 0 Å². The van der Waals surface area contributed by atoms with Gasteiger partial charge in [0.1, 0.15) is 5.00 Å². The Bertz CT molecular complexity index is 1060. The monoisotopic (exact) mass is 481 g/mol. The molecule has 1 aromatic carbocycles. The van der Waals surface area contributed by atoms with E-state index in [0.29, 0.717) is 5.92 Å². The zero-order valence-corrected chi connectivity index (χ0v) is 22.0. The van der Waals surface area contributed by atoms with Crippen molar-refractivity contribution in [3.63, 3.8) is 0 Å². The average molecular weight is 482 g/mol. The van der Waals surface area contributed by atoms with E-state index in [1.165, 1.54) is 38.5 Å². The molecule has 0 bridgehead atoms. The van der Waals surface area contributed by atoms with Crippen LogP contribution < -0.4 is 5.32 Å². The second kappa shape index (κ2) is 10.5. The highest BCUT2D eigenvalue weighted by Gasteiger charge is 2.31. The van der Waals surface area contributed by atoms with Gasteiger partial charge in [-0.05, 0) is 54.4 Å². The third kappa shape index (κ3) is 5.24. The predicted molar refractivity (Wildman–Crippen MR) is 142 cm³/mol. The third-order valence-corrected chi connectivity index (χ3v) is 8.82. The van der Waals surface area contributed by atoms with Crippen molar-refractivity contribution >= 4 is 33.6 Å². The summed E-state index contributed by atoms with van der Waals surface area (Å²) in [5.41, 5.74) is 5.21. The van der Waals surface area contributed by atoms with E-state index in [1.807, 2.05) is 17.5 Å². The number of aryl methyl sites for hydroxylation is 1. The summed E-state index contributed by atoms with van der Waals surface area (Å²) in [5.74, 6) is 0.494. The minimum Gasteiger partial charge on any atom is -0.313 e. The first-order chi connectivity index (χ1) is 15.9. The van der Waals surface area contributed by atoms with Crippen LogP contribution in [0.2, 0.25) is 0 Å². The van der Waals surface area contributed by atoms with E-state index in [2.05, 4.69) is 74.0 Å². The number of anilines is 1. The Kier molecular flexibility index (Phi) is 7.69. The summed E-state index contributed by atoms with van der Waals surface area (Å²) in [7, 11) is 0. The van der Waals surface area contributed by atoms with Gasteiger partial charge in [-0.3, -0.25) is 9.69 Å². The number of piperazine rings is 1. The van der Waals surface area contributed by atoms with Crippen molar-refractivity contribution in [1.29, 1.82) is 0 Å². The molecule has 0 aliphatic carbocycles. The second-order valence-corrected chi connectivity index (χ2v) is 11.3. The van der Waals surface area contributed by atoms with Crippen molar-refractivity contribution < 1.29 is 4.79 Å². The topological polar surface area (TPSA) is 35.6 Å². The molecule has 0 spiro atoms. The van der Waals surface area contributed by atoms with Gasteiger partial charge in [0.05, 0.1) is 10.9 Å². The van der Waals surface area contributed by atoms with Crippen LogP contribution in [0, 0.1) is 13.8 Å². The number of hydrogen-bond acceptors (Lipinski definition) is 5. The Hall–Kier alpha value is -1.99. The van der Waals surface area contributed by atoms with Gasteiger partial charge in [0.15, 0.2) is 0 Å².